The molecule has 2 aromatic rings. The van der Waals surface area contributed by atoms with Crippen molar-refractivity contribution < 1.29 is 9.90 Å². The minimum atomic E-state index is -0.993. The number of carbonyl (C=O) groups is 1. The molecule has 0 unspecified atom stereocenters. The van der Waals surface area contributed by atoms with Gasteiger partial charge in [0.25, 0.3) is 0 Å². The highest BCUT2D eigenvalue weighted by Gasteiger charge is 2.08. The number of benzene rings is 1. The van der Waals surface area contributed by atoms with E-state index in [-0.39, 0.29) is 5.56 Å². The van der Waals surface area contributed by atoms with Gasteiger partial charge in [-0.2, -0.15) is 5.10 Å². The van der Waals surface area contributed by atoms with E-state index in [0.717, 1.165) is 4.47 Å². The largest absolute Gasteiger partial charge is 0.478 e. The molecule has 0 saturated carbocycles. The molecule has 82 valence electrons. The van der Waals surface area contributed by atoms with E-state index in [2.05, 4.69) is 21.0 Å². The van der Waals surface area contributed by atoms with Crippen molar-refractivity contribution in [3.05, 3.63) is 40.6 Å². The van der Waals surface area contributed by atoms with Gasteiger partial charge in [0.05, 0.1) is 27.6 Å². The zero-order valence-electron chi connectivity index (χ0n) is 8.09. The Hall–Kier alpha value is -1.82. The van der Waals surface area contributed by atoms with Gasteiger partial charge in [-0.25, -0.2) is 9.48 Å². The van der Waals surface area contributed by atoms with Crippen molar-refractivity contribution in [3.8, 4) is 5.69 Å². The van der Waals surface area contributed by atoms with Crippen molar-refractivity contribution in [2.24, 2.45) is 0 Å². The molecule has 0 aliphatic carbocycles. The highest BCUT2D eigenvalue weighted by atomic mass is 79.9. The molecule has 0 aliphatic rings. The number of anilines is 1. The first-order valence-corrected chi connectivity index (χ1v) is 5.20. The van der Waals surface area contributed by atoms with Crippen LogP contribution in [0.15, 0.2) is 35.1 Å². The van der Waals surface area contributed by atoms with Crippen LogP contribution in [-0.4, -0.2) is 20.9 Å². The third kappa shape index (κ3) is 1.92. The van der Waals surface area contributed by atoms with Crippen molar-refractivity contribution in [2.75, 3.05) is 5.73 Å². The summed E-state index contributed by atoms with van der Waals surface area (Å²) in [5.41, 5.74) is 6.96. The van der Waals surface area contributed by atoms with Gasteiger partial charge in [0.1, 0.15) is 0 Å². The fourth-order valence-electron chi connectivity index (χ4n) is 1.31. The summed E-state index contributed by atoms with van der Waals surface area (Å²) in [6.07, 6.45) is 3.31. The summed E-state index contributed by atoms with van der Waals surface area (Å²) in [7, 11) is 0. The van der Waals surface area contributed by atoms with Crippen LogP contribution in [-0.2, 0) is 0 Å². The average Bonchev–Trinajstić information content (AvgIpc) is 2.65. The van der Waals surface area contributed by atoms with E-state index < -0.39 is 5.97 Å². The highest BCUT2D eigenvalue weighted by Crippen LogP contribution is 2.20. The van der Waals surface area contributed by atoms with Gasteiger partial charge >= 0.3 is 5.97 Å². The summed E-state index contributed by atoms with van der Waals surface area (Å²) >= 11 is 3.26. The summed E-state index contributed by atoms with van der Waals surface area (Å²) in [6, 6.07) is 4.49. The lowest BCUT2D eigenvalue weighted by Crippen LogP contribution is -2.04. The fraction of sp³-hybridized carbons (Fsp3) is 0. The number of nitrogens with two attached hydrogens (primary N) is 1. The normalized spacial score (nSPS) is 10.3. The third-order valence-corrected chi connectivity index (χ3v) is 2.48. The van der Waals surface area contributed by atoms with E-state index >= 15 is 0 Å². The lowest BCUT2D eigenvalue weighted by Gasteiger charge is -2.06. The summed E-state index contributed by atoms with van der Waals surface area (Å²) in [4.78, 5) is 10.8. The average molecular weight is 282 g/mol. The van der Waals surface area contributed by atoms with E-state index in [4.69, 9.17) is 10.8 Å². The smallest absolute Gasteiger partial charge is 0.335 e. The molecule has 6 heteroatoms. The van der Waals surface area contributed by atoms with E-state index in [9.17, 15) is 4.79 Å². The van der Waals surface area contributed by atoms with Crippen LogP contribution in [0.2, 0.25) is 0 Å². The lowest BCUT2D eigenvalue weighted by molar-refractivity contribution is 0.0697. The summed E-state index contributed by atoms with van der Waals surface area (Å²) < 4.78 is 2.32. The Labute approximate surface area is 99.6 Å². The Morgan fingerprint density at radius 1 is 1.50 bits per heavy atom. The minimum absolute atomic E-state index is 0.177. The predicted molar refractivity (Wildman–Crippen MR) is 62.6 cm³/mol. The van der Waals surface area contributed by atoms with Crippen LogP contribution in [0.1, 0.15) is 10.4 Å². The monoisotopic (exact) mass is 281 g/mol. The maximum atomic E-state index is 10.8. The molecule has 2 rings (SSSR count). The first-order chi connectivity index (χ1) is 7.58. The second kappa shape index (κ2) is 3.97. The topological polar surface area (TPSA) is 81.1 Å². The third-order valence-electron chi connectivity index (χ3n) is 2.08. The van der Waals surface area contributed by atoms with Gasteiger partial charge < -0.3 is 10.8 Å². The summed E-state index contributed by atoms with van der Waals surface area (Å²) in [5.74, 6) is -0.993. The molecule has 0 spiro atoms. The number of nitrogen functional groups attached to an aromatic ring is 1. The molecule has 1 aromatic heterocycles. The van der Waals surface area contributed by atoms with Gasteiger partial charge in [0.15, 0.2) is 0 Å². The van der Waals surface area contributed by atoms with E-state index in [0.29, 0.717) is 11.4 Å². The van der Waals surface area contributed by atoms with Gasteiger partial charge in [0.2, 0.25) is 0 Å². The van der Waals surface area contributed by atoms with Crippen LogP contribution in [0.4, 0.5) is 5.69 Å². The Morgan fingerprint density at radius 2 is 2.25 bits per heavy atom. The summed E-state index contributed by atoms with van der Waals surface area (Å²) in [5, 5.41) is 12.9. The second-order valence-corrected chi connectivity index (χ2v) is 4.10. The number of nitrogens with zero attached hydrogens (tertiary/aromatic N) is 2. The molecule has 0 aliphatic heterocycles. The second-order valence-electron chi connectivity index (χ2n) is 3.18. The van der Waals surface area contributed by atoms with Crippen LogP contribution >= 0.6 is 15.9 Å². The molecule has 5 nitrogen and oxygen atoms in total. The number of carboxylic acid groups (broad SMARTS) is 1. The molecular formula is C10H8BrN3O2. The summed E-state index contributed by atoms with van der Waals surface area (Å²) in [6.45, 7) is 0. The first kappa shape index (κ1) is 10.7. The Bertz CT molecular complexity index is 551. The number of hydrogen-bond acceptors (Lipinski definition) is 3. The van der Waals surface area contributed by atoms with E-state index in [1.54, 1.807) is 18.5 Å². The number of aromatic nitrogens is 2. The molecule has 1 heterocycles. The number of aromatic carboxylic acids is 1. The molecule has 0 radical (unpaired) electrons. The number of carboxylic acids is 1. The molecule has 3 N–H and O–H groups in total. The molecule has 0 bridgehead atoms. The first-order valence-electron chi connectivity index (χ1n) is 4.41. The molecule has 0 fully saturated rings. The number of rotatable bonds is 2. The van der Waals surface area contributed by atoms with Crippen molar-refractivity contribution in [3.63, 3.8) is 0 Å². The van der Waals surface area contributed by atoms with Crippen molar-refractivity contribution in [1.82, 2.24) is 9.78 Å². The van der Waals surface area contributed by atoms with E-state index in [1.807, 2.05) is 0 Å². The lowest BCUT2D eigenvalue weighted by atomic mass is 10.2. The minimum Gasteiger partial charge on any atom is -0.478 e. The highest BCUT2D eigenvalue weighted by molar-refractivity contribution is 9.10. The molecule has 0 amide bonds. The van der Waals surface area contributed by atoms with Crippen molar-refractivity contribution >= 4 is 27.6 Å². The Morgan fingerprint density at radius 3 is 2.81 bits per heavy atom. The standard InChI is InChI=1S/C10H8BrN3O2/c11-7-4-13-14(5-7)9-3-6(10(15)16)1-2-8(9)12/h1-5H,12H2,(H,15,16). The van der Waals surface area contributed by atoms with E-state index in [1.165, 1.54) is 16.8 Å². The predicted octanol–water partition coefficient (Wildman–Crippen LogP) is 1.92. The van der Waals surface area contributed by atoms with Gasteiger partial charge in [-0.1, -0.05) is 0 Å². The zero-order chi connectivity index (χ0) is 11.7. The van der Waals surface area contributed by atoms with Gasteiger partial charge in [-0.15, -0.1) is 0 Å². The molecular weight excluding hydrogens is 274 g/mol. The SMILES string of the molecule is Nc1ccc(C(=O)O)cc1-n1cc(Br)cn1. The van der Waals surface area contributed by atoms with Crippen LogP contribution in [0, 0.1) is 0 Å². The molecule has 1 aromatic carbocycles. The van der Waals surface area contributed by atoms with Crippen LogP contribution in [0.5, 0.6) is 0 Å². The number of halogens is 1. The molecule has 0 saturated heterocycles. The number of hydrogen-bond donors (Lipinski definition) is 2. The Balaban J connectivity index is 2.55. The zero-order valence-corrected chi connectivity index (χ0v) is 9.68. The quantitative estimate of drug-likeness (QED) is 0.824. The van der Waals surface area contributed by atoms with Gasteiger partial charge in [0, 0.05) is 6.20 Å². The molecule has 0 atom stereocenters. The van der Waals surface area contributed by atoms with Crippen LogP contribution < -0.4 is 5.73 Å². The van der Waals surface area contributed by atoms with Crippen LogP contribution in [0.25, 0.3) is 5.69 Å². The van der Waals surface area contributed by atoms with Crippen molar-refractivity contribution in [2.45, 2.75) is 0 Å². The van der Waals surface area contributed by atoms with Crippen molar-refractivity contribution in [1.29, 1.82) is 0 Å². The maximum Gasteiger partial charge on any atom is 0.335 e. The Kier molecular flexibility index (Phi) is 2.66. The maximum absolute atomic E-state index is 10.8. The van der Waals surface area contributed by atoms with Gasteiger partial charge in [-0.05, 0) is 34.1 Å². The fourth-order valence-corrected chi connectivity index (χ4v) is 1.59. The molecule has 16 heavy (non-hydrogen) atoms. The van der Waals surface area contributed by atoms with Gasteiger partial charge in [-0.3, -0.25) is 0 Å². The van der Waals surface area contributed by atoms with Crippen LogP contribution in [0.3, 0.4) is 0 Å².